The lowest BCUT2D eigenvalue weighted by Gasteiger charge is -2.29. The number of nitrogens with one attached hydrogen (secondary N) is 2. The zero-order valence-electron chi connectivity index (χ0n) is 23.8. The van der Waals surface area contributed by atoms with Crippen LogP contribution in [0.4, 0.5) is 20.4 Å². The average molecular weight is 628 g/mol. The number of aryl methyl sites for hydroxylation is 1. The van der Waals surface area contributed by atoms with Gasteiger partial charge in [0.2, 0.25) is 5.95 Å². The Morgan fingerprint density at radius 1 is 1.12 bits per heavy atom. The van der Waals surface area contributed by atoms with Crippen LogP contribution in [0.25, 0.3) is 22.0 Å². The van der Waals surface area contributed by atoms with Crippen LogP contribution < -0.4 is 10.0 Å². The van der Waals surface area contributed by atoms with Crippen molar-refractivity contribution in [3.05, 3.63) is 75.9 Å². The summed E-state index contributed by atoms with van der Waals surface area (Å²) < 4.78 is 60.4. The average Bonchev–Trinajstić information content (AvgIpc) is 3.35. The normalized spacial score (nSPS) is 17.8. The van der Waals surface area contributed by atoms with Crippen LogP contribution in [0, 0.1) is 11.6 Å². The van der Waals surface area contributed by atoms with Crippen LogP contribution in [0.2, 0.25) is 5.02 Å². The number of anilines is 2. The first-order valence-electron chi connectivity index (χ1n) is 14.3. The minimum atomic E-state index is -4.32. The molecule has 0 bridgehead atoms. The summed E-state index contributed by atoms with van der Waals surface area (Å²) in [4.78, 5) is 11.3. The first-order valence-corrected chi connectivity index (χ1v) is 16.2. The highest BCUT2D eigenvalue weighted by atomic mass is 35.5. The number of halogens is 3. The van der Waals surface area contributed by atoms with E-state index in [1.54, 1.807) is 18.3 Å². The van der Waals surface area contributed by atoms with Gasteiger partial charge >= 0.3 is 0 Å². The van der Waals surface area contributed by atoms with Crippen molar-refractivity contribution >= 4 is 44.2 Å². The molecule has 0 saturated carbocycles. The molecule has 4 aromatic rings. The summed E-state index contributed by atoms with van der Waals surface area (Å²) in [5.74, 6) is -1.38. The molecule has 0 spiro atoms. The third kappa shape index (κ3) is 5.78. The van der Waals surface area contributed by atoms with Gasteiger partial charge in [-0.2, -0.15) is 0 Å². The maximum absolute atomic E-state index is 16.0. The molecule has 8 nitrogen and oxygen atoms in total. The number of likely N-dealkylation sites (tertiary alicyclic amines) is 1. The van der Waals surface area contributed by atoms with E-state index in [2.05, 4.69) is 27.0 Å². The van der Waals surface area contributed by atoms with E-state index in [4.69, 9.17) is 16.6 Å². The molecule has 226 valence electrons. The molecule has 1 aromatic heterocycles. The molecular weight excluding hydrogens is 596 g/mol. The van der Waals surface area contributed by atoms with Crippen LogP contribution >= 0.6 is 11.6 Å². The largest absolute Gasteiger partial charge is 0.388 e. The smallest absolute Gasteiger partial charge is 0.262 e. The fourth-order valence-electron chi connectivity index (χ4n) is 6.01. The third-order valence-corrected chi connectivity index (χ3v) is 9.99. The minimum absolute atomic E-state index is 0.135. The third-order valence-electron chi connectivity index (χ3n) is 8.34. The van der Waals surface area contributed by atoms with Gasteiger partial charge in [0, 0.05) is 22.6 Å². The highest BCUT2D eigenvalue weighted by Gasteiger charge is 2.30. The Morgan fingerprint density at radius 2 is 1.88 bits per heavy atom. The van der Waals surface area contributed by atoms with Crippen molar-refractivity contribution in [2.45, 2.75) is 56.1 Å². The molecule has 1 fully saturated rings. The van der Waals surface area contributed by atoms with E-state index in [1.807, 2.05) is 6.92 Å². The Labute approximate surface area is 254 Å². The number of hydrogen-bond donors (Lipinski definition) is 3. The van der Waals surface area contributed by atoms with Gasteiger partial charge in [-0.15, -0.1) is 0 Å². The number of hydrogen-bond acceptors (Lipinski definition) is 7. The summed E-state index contributed by atoms with van der Waals surface area (Å²) in [6.45, 7) is 3.92. The van der Waals surface area contributed by atoms with Crippen LogP contribution in [0.5, 0.6) is 0 Å². The molecule has 3 aromatic carbocycles. The van der Waals surface area contributed by atoms with E-state index < -0.39 is 33.4 Å². The number of rotatable bonds is 7. The lowest BCUT2D eigenvalue weighted by Crippen LogP contribution is -2.37. The number of aliphatic hydroxyl groups is 1. The lowest BCUT2D eigenvalue weighted by molar-refractivity contribution is 0.180. The number of benzene rings is 3. The lowest BCUT2D eigenvalue weighted by atomic mass is 9.97. The molecule has 1 aliphatic heterocycles. The summed E-state index contributed by atoms with van der Waals surface area (Å²) in [7, 11) is -2.23. The van der Waals surface area contributed by atoms with Gasteiger partial charge in [-0.05, 0) is 111 Å². The Bertz CT molecular complexity index is 1830. The Morgan fingerprint density at radius 3 is 2.63 bits per heavy atom. The van der Waals surface area contributed by atoms with Crippen molar-refractivity contribution in [1.29, 1.82) is 0 Å². The summed E-state index contributed by atoms with van der Waals surface area (Å²) in [5, 5.41) is 14.4. The molecule has 0 unspecified atom stereocenters. The molecule has 3 N–H and O–H groups in total. The highest BCUT2D eigenvalue weighted by molar-refractivity contribution is 7.92. The number of nitrogens with zero attached hydrogens (tertiary/aromatic N) is 3. The van der Waals surface area contributed by atoms with Crippen LogP contribution in [0.15, 0.2) is 47.5 Å². The molecule has 6 rings (SSSR count). The zero-order chi connectivity index (χ0) is 30.5. The maximum atomic E-state index is 16.0. The standard InChI is InChI=1S/C31H32ClF2N5O3S/c1-3-17-12-18(13-19-16-35-31(37-30(17)19)36-21-8-10-39(2)11-9-21)28-24(33)5-6-25(29(28)34)38-43(41,42)27-15-20(32)14-23-22(27)4-7-26(23)40/h5-6,12-16,21,26,38,40H,3-4,7-11H2,1-2H3,(H,35,36,37)/t26-/m1/s1. The van der Waals surface area contributed by atoms with Crippen molar-refractivity contribution in [3.63, 3.8) is 0 Å². The molecule has 12 heteroatoms. The van der Waals surface area contributed by atoms with E-state index in [0.29, 0.717) is 47.2 Å². The van der Waals surface area contributed by atoms with Gasteiger partial charge in [0.25, 0.3) is 10.0 Å². The second-order valence-electron chi connectivity index (χ2n) is 11.3. The number of aliphatic hydroxyl groups excluding tert-OH is 1. The molecule has 1 saturated heterocycles. The van der Waals surface area contributed by atoms with Gasteiger partial charge < -0.3 is 15.3 Å². The van der Waals surface area contributed by atoms with Crippen molar-refractivity contribution in [3.8, 4) is 11.1 Å². The Balaban J connectivity index is 1.35. The zero-order valence-corrected chi connectivity index (χ0v) is 25.4. The maximum Gasteiger partial charge on any atom is 0.262 e. The van der Waals surface area contributed by atoms with Gasteiger partial charge in [0.15, 0.2) is 5.82 Å². The van der Waals surface area contributed by atoms with E-state index >= 15 is 8.78 Å². The second-order valence-corrected chi connectivity index (χ2v) is 13.3. The summed E-state index contributed by atoms with van der Waals surface area (Å²) >= 11 is 6.16. The SMILES string of the molecule is CCc1cc(-c2c(F)ccc(NS(=O)(=O)c3cc(Cl)cc4c3CC[C@H]4O)c2F)cc2cnc(NC3CCN(C)CC3)nc12. The molecule has 43 heavy (non-hydrogen) atoms. The monoisotopic (exact) mass is 627 g/mol. The van der Waals surface area contributed by atoms with Crippen molar-refractivity contribution in [1.82, 2.24) is 14.9 Å². The van der Waals surface area contributed by atoms with Crippen molar-refractivity contribution < 1.29 is 22.3 Å². The van der Waals surface area contributed by atoms with E-state index in [-0.39, 0.29) is 27.1 Å². The topological polar surface area (TPSA) is 107 Å². The Hall–Kier alpha value is -3.38. The first kappa shape index (κ1) is 29.7. The molecule has 1 atom stereocenters. The number of sulfonamides is 1. The molecule has 2 heterocycles. The second kappa shape index (κ2) is 11.6. The predicted molar refractivity (Wildman–Crippen MR) is 164 cm³/mol. The van der Waals surface area contributed by atoms with E-state index in [0.717, 1.165) is 43.6 Å². The molecule has 0 amide bonds. The summed E-state index contributed by atoms with van der Waals surface area (Å²) in [5.41, 5.74) is 1.80. The fourth-order valence-corrected chi connectivity index (χ4v) is 7.68. The number of aromatic nitrogens is 2. The summed E-state index contributed by atoms with van der Waals surface area (Å²) in [6.07, 6.45) is 4.01. The van der Waals surface area contributed by atoms with E-state index in [9.17, 15) is 13.5 Å². The van der Waals surface area contributed by atoms with Crippen LogP contribution in [-0.2, 0) is 22.9 Å². The highest BCUT2D eigenvalue weighted by Crippen LogP contribution is 2.39. The van der Waals surface area contributed by atoms with Crippen LogP contribution in [0.3, 0.4) is 0 Å². The molecule has 0 radical (unpaired) electrons. The molecular formula is C31H32ClF2N5O3S. The minimum Gasteiger partial charge on any atom is -0.388 e. The van der Waals surface area contributed by atoms with Gasteiger partial charge in [-0.1, -0.05) is 18.5 Å². The molecule has 1 aliphatic carbocycles. The van der Waals surface area contributed by atoms with Crippen LogP contribution in [0.1, 0.15) is 49.0 Å². The number of piperidine rings is 1. The Kier molecular flexibility index (Phi) is 8.01. The first-order chi connectivity index (χ1) is 20.5. The fraction of sp³-hybridized carbons (Fsp3) is 0.355. The van der Waals surface area contributed by atoms with Gasteiger partial charge in [0.05, 0.1) is 27.8 Å². The van der Waals surface area contributed by atoms with E-state index in [1.165, 1.54) is 12.1 Å². The van der Waals surface area contributed by atoms with Gasteiger partial charge in [0.1, 0.15) is 5.82 Å². The van der Waals surface area contributed by atoms with Crippen molar-refractivity contribution in [2.75, 3.05) is 30.2 Å². The quantitative estimate of drug-likeness (QED) is 0.228. The van der Waals surface area contributed by atoms with Crippen LogP contribution in [-0.4, -0.2) is 54.6 Å². The summed E-state index contributed by atoms with van der Waals surface area (Å²) in [6, 6.07) is 8.45. The van der Waals surface area contributed by atoms with Gasteiger partial charge in [-0.3, -0.25) is 4.72 Å². The van der Waals surface area contributed by atoms with Gasteiger partial charge in [-0.25, -0.2) is 27.2 Å². The predicted octanol–water partition coefficient (Wildman–Crippen LogP) is 6.08. The van der Waals surface area contributed by atoms with Crippen molar-refractivity contribution in [2.24, 2.45) is 0 Å². The molecule has 2 aliphatic rings. The number of fused-ring (bicyclic) bond motifs is 2.